The first-order valence-electron chi connectivity index (χ1n) is 5.64. The van der Waals surface area contributed by atoms with Crippen LogP contribution in [0, 0.1) is 6.92 Å². The van der Waals surface area contributed by atoms with Gasteiger partial charge in [-0.1, -0.05) is 18.2 Å². The van der Waals surface area contributed by atoms with Crippen molar-refractivity contribution in [3.63, 3.8) is 0 Å². The molecule has 0 saturated heterocycles. The average molecular weight is 264 g/mol. The number of aromatic hydroxyl groups is 1. The fraction of sp³-hybridized carbons (Fsp3) is 0.286. The van der Waals surface area contributed by atoms with Crippen LogP contribution >= 0.6 is 0 Å². The number of esters is 2. The smallest absolute Gasteiger partial charge is 0.334 e. The van der Waals surface area contributed by atoms with Crippen LogP contribution in [0.3, 0.4) is 0 Å². The predicted octanol–water partition coefficient (Wildman–Crippen LogP) is 1.52. The van der Waals surface area contributed by atoms with Crippen LogP contribution in [0.5, 0.6) is 5.75 Å². The number of carbonyl (C=O) groups is 2. The summed E-state index contributed by atoms with van der Waals surface area (Å²) in [5, 5.41) is 9.90. The molecule has 0 aromatic heterocycles. The summed E-state index contributed by atoms with van der Waals surface area (Å²) < 4.78 is 9.08. The summed E-state index contributed by atoms with van der Waals surface area (Å²) in [6.07, 6.45) is 1.16. The van der Waals surface area contributed by atoms with Crippen molar-refractivity contribution in [1.29, 1.82) is 0 Å². The van der Waals surface area contributed by atoms with Crippen LogP contribution in [0.25, 0.3) is 0 Å². The van der Waals surface area contributed by atoms with Gasteiger partial charge < -0.3 is 14.6 Å². The zero-order valence-corrected chi connectivity index (χ0v) is 11.1. The van der Waals surface area contributed by atoms with Crippen LogP contribution in [-0.2, 0) is 25.5 Å². The van der Waals surface area contributed by atoms with E-state index in [9.17, 15) is 14.7 Å². The number of ether oxygens (including phenoxy) is 2. The number of phenolic OH excluding ortho intramolecular Hbond substituents is 1. The van der Waals surface area contributed by atoms with Crippen molar-refractivity contribution in [1.82, 2.24) is 0 Å². The number of benzene rings is 1. The highest BCUT2D eigenvalue weighted by molar-refractivity contribution is 5.96. The molecule has 0 radical (unpaired) electrons. The molecule has 1 aromatic rings. The van der Waals surface area contributed by atoms with E-state index in [4.69, 9.17) is 0 Å². The lowest BCUT2D eigenvalue weighted by atomic mass is 10.0. The van der Waals surface area contributed by atoms with Crippen LogP contribution in [0.4, 0.5) is 0 Å². The minimum atomic E-state index is -0.646. The largest absolute Gasteiger partial charge is 0.507 e. The summed E-state index contributed by atoms with van der Waals surface area (Å²) in [6, 6.07) is 5.19. The van der Waals surface area contributed by atoms with Gasteiger partial charge in [0.15, 0.2) is 0 Å². The van der Waals surface area contributed by atoms with Crippen LogP contribution in [-0.4, -0.2) is 31.3 Å². The van der Waals surface area contributed by atoms with Gasteiger partial charge in [0.05, 0.1) is 14.2 Å². The second-order valence-corrected chi connectivity index (χ2v) is 3.94. The summed E-state index contributed by atoms with van der Waals surface area (Å²) in [5.41, 5.74) is 1.36. The second-order valence-electron chi connectivity index (χ2n) is 3.94. The summed E-state index contributed by atoms with van der Waals surface area (Å²) in [5.74, 6) is -1.18. The Morgan fingerprint density at radius 2 is 1.95 bits per heavy atom. The third-order valence-corrected chi connectivity index (χ3v) is 2.64. The van der Waals surface area contributed by atoms with Crippen molar-refractivity contribution in [2.75, 3.05) is 14.2 Å². The van der Waals surface area contributed by atoms with Crippen molar-refractivity contribution in [2.24, 2.45) is 0 Å². The fourth-order valence-electron chi connectivity index (χ4n) is 1.58. The first kappa shape index (κ1) is 14.8. The van der Waals surface area contributed by atoms with E-state index in [0.29, 0.717) is 11.1 Å². The maximum absolute atomic E-state index is 11.6. The third kappa shape index (κ3) is 3.84. The molecule has 0 atom stereocenters. The van der Waals surface area contributed by atoms with E-state index in [1.54, 1.807) is 25.1 Å². The van der Waals surface area contributed by atoms with E-state index < -0.39 is 11.9 Å². The van der Waals surface area contributed by atoms with E-state index in [0.717, 1.165) is 6.08 Å². The Bertz CT molecular complexity index is 517. The van der Waals surface area contributed by atoms with Crippen molar-refractivity contribution in [3.8, 4) is 5.75 Å². The lowest BCUT2D eigenvalue weighted by Crippen LogP contribution is -2.10. The summed E-state index contributed by atoms with van der Waals surface area (Å²) in [4.78, 5) is 22.8. The van der Waals surface area contributed by atoms with Gasteiger partial charge >= 0.3 is 11.9 Å². The molecule has 0 bridgehead atoms. The molecule has 19 heavy (non-hydrogen) atoms. The fourth-order valence-corrected chi connectivity index (χ4v) is 1.58. The van der Waals surface area contributed by atoms with Crippen LogP contribution in [0.2, 0.25) is 0 Å². The second kappa shape index (κ2) is 6.58. The molecular formula is C14H16O5. The molecule has 0 aliphatic heterocycles. The molecular weight excluding hydrogens is 248 g/mol. The Hall–Kier alpha value is -2.30. The molecule has 0 aliphatic rings. The maximum Gasteiger partial charge on any atom is 0.334 e. The van der Waals surface area contributed by atoms with Gasteiger partial charge in [0.25, 0.3) is 0 Å². The zero-order valence-electron chi connectivity index (χ0n) is 11.1. The van der Waals surface area contributed by atoms with Gasteiger partial charge in [-0.05, 0) is 18.1 Å². The highest BCUT2D eigenvalue weighted by Crippen LogP contribution is 2.24. The Labute approximate surface area is 111 Å². The number of hydrogen-bond acceptors (Lipinski definition) is 5. The number of phenols is 1. The lowest BCUT2D eigenvalue weighted by Gasteiger charge is -2.09. The summed E-state index contributed by atoms with van der Waals surface area (Å²) in [7, 11) is 2.45. The van der Waals surface area contributed by atoms with E-state index in [1.807, 2.05) is 0 Å². The van der Waals surface area contributed by atoms with E-state index in [1.165, 1.54) is 14.2 Å². The molecule has 5 heteroatoms. The number of rotatable bonds is 4. The van der Waals surface area contributed by atoms with E-state index in [2.05, 4.69) is 9.47 Å². The normalized spacial score (nSPS) is 11.0. The van der Waals surface area contributed by atoms with Crippen molar-refractivity contribution in [3.05, 3.63) is 41.0 Å². The van der Waals surface area contributed by atoms with Gasteiger partial charge in [-0.15, -0.1) is 0 Å². The quantitative estimate of drug-likeness (QED) is 0.659. The van der Waals surface area contributed by atoms with Crippen molar-refractivity contribution in [2.45, 2.75) is 13.3 Å². The van der Waals surface area contributed by atoms with Crippen molar-refractivity contribution >= 4 is 11.9 Å². The molecule has 0 amide bonds. The van der Waals surface area contributed by atoms with E-state index in [-0.39, 0.29) is 17.7 Å². The monoisotopic (exact) mass is 264 g/mol. The molecule has 1 aromatic carbocycles. The number of para-hydroxylation sites is 1. The van der Waals surface area contributed by atoms with Gasteiger partial charge in [-0.2, -0.15) is 0 Å². The topological polar surface area (TPSA) is 72.8 Å². The maximum atomic E-state index is 11.6. The standard InChI is InChI=1S/C14H16O5/c1-9-5-4-6-10(13(9)16)7-11(14(17)19-3)8-12(15)18-2/h4-6,8,16H,7H2,1-3H3/b11-8-. The predicted molar refractivity (Wildman–Crippen MR) is 68.7 cm³/mol. The molecule has 1 rings (SSSR count). The highest BCUT2D eigenvalue weighted by atomic mass is 16.5. The number of methoxy groups -OCH3 is 2. The highest BCUT2D eigenvalue weighted by Gasteiger charge is 2.15. The SMILES string of the molecule is COC(=O)/C=C(/Cc1cccc(C)c1O)C(=O)OC. The minimum absolute atomic E-state index is 0.0925. The molecule has 0 heterocycles. The molecule has 1 N–H and O–H groups in total. The molecule has 102 valence electrons. The van der Waals surface area contributed by atoms with Gasteiger partial charge in [-0.25, -0.2) is 9.59 Å². The molecule has 5 nitrogen and oxygen atoms in total. The Balaban J connectivity index is 3.08. The van der Waals surface area contributed by atoms with Gasteiger partial charge in [0.2, 0.25) is 0 Å². The minimum Gasteiger partial charge on any atom is -0.507 e. The van der Waals surface area contributed by atoms with Gasteiger partial charge in [0, 0.05) is 18.1 Å². The zero-order chi connectivity index (χ0) is 14.4. The van der Waals surface area contributed by atoms with Crippen LogP contribution < -0.4 is 0 Å². The number of carbonyl (C=O) groups excluding carboxylic acids is 2. The molecule has 0 unspecified atom stereocenters. The summed E-state index contributed by atoms with van der Waals surface area (Å²) in [6.45, 7) is 1.75. The van der Waals surface area contributed by atoms with Gasteiger partial charge in [-0.3, -0.25) is 0 Å². The average Bonchev–Trinajstić information content (AvgIpc) is 2.41. The van der Waals surface area contributed by atoms with Gasteiger partial charge in [0.1, 0.15) is 5.75 Å². The molecule has 0 spiro atoms. The number of hydrogen-bond donors (Lipinski definition) is 1. The molecule has 0 saturated carbocycles. The Kier molecular flexibility index (Phi) is 5.11. The van der Waals surface area contributed by atoms with Crippen LogP contribution in [0.15, 0.2) is 29.8 Å². The number of aryl methyl sites for hydroxylation is 1. The summed E-state index contributed by atoms with van der Waals surface area (Å²) >= 11 is 0. The van der Waals surface area contributed by atoms with Crippen LogP contribution in [0.1, 0.15) is 11.1 Å². The third-order valence-electron chi connectivity index (χ3n) is 2.64. The molecule has 0 aliphatic carbocycles. The Morgan fingerprint density at radius 3 is 2.53 bits per heavy atom. The Morgan fingerprint density at radius 1 is 1.26 bits per heavy atom. The van der Waals surface area contributed by atoms with Crippen molar-refractivity contribution < 1.29 is 24.2 Å². The first-order valence-corrected chi connectivity index (χ1v) is 5.64. The lowest BCUT2D eigenvalue weighted by molar-refractivity contribution is -0.138. The first-order chi connectivity index (χ1) is 8.99. The molecule has 0 fully saturated rings. The van der Waals surface area contributed by atoms with E-state index >= 15 is 0 Å².